The van der Waals surface area contributed by atoms with E-state index in [1.54, 1.807) is 0 Å². The Balaban J connectivity index is 1.40. The van der Waals surface area contributed by atoms with Crippen molar-refractivity contribution in [1.82, 2.24) is 0 Å². The van der Waals surface area contributed by atoms with E-state index in [4.69, 9.17) is 0 Å². The highest BCUT2D eigenvalue weighted by Gasteiger charge is 2.29. The van der Waals surface area contributed by atoms with Gasteiger partial charge in [0, 0.05) is 21.4 Å². The normalized spacial score (nSPS) is 14.7. The minimum atomic E-state index is 0.403. The van der Waals surface area contributed by atoms with E-state index in [1.807, 2.05) is 0 Å². The summed E-state index contributed by atoms with van der Waals surface area (Å²) in [7, 11) is 0. The van der Waals surface area contributed by atoms with Crippen molar-refractivity contribution in [1.29, 1.82) is 0 Å². The maximum absolute atomic E-state index is 2.47. The minimum Gasteiger partial charge on any atom is -0.0648 e. The van der Waals surface area contributed by atoms with Crippen molar-refractivity contribution in [2.45, 2.75) is 94.3 Å². The van der Waals surface area contributed by atoms with Crippen molar-refractivity contribution in [3.05, 3.63) is 200 Å². The molecular formula is C51H50I6. The largest absolute Gasteiger partial charge is 0.0648 e. The Morgan fingerprint density at radius 2 is 0.386 bits per heavy atom. The molecule has 6 aromatic rings. The standard InChI is InChI=1S/C51H50I6/c1-3-34(36-5-17-46(52)18-6-36)29-42(38-9-21-48(54)22-10-38)31-44(40-13-25-50(56)26-14-40)33-45(41-15-27-51(57)28-16-41)32-43(39-11-23-49(55)24-12-39)30-35(4-2)37-7-19-47(53)20-8-37/h5-28,34-35,42-45H,3-4,29-33H2,1-2H3. The molecule has 0 aromatic heterocycles. The molecule has 0 fully saturated rings. The minimum absolute atomic E-state index is 0.403. The van der Waals surface area contributed by atoms with E-state index in [0.717, 1.165) is 44.9 Å². The summed E-state index contributed by atoms with van der Waals surface area (Å²) >= 11 is 14.7. The fraction of sp³-hybridized carbons (Fsp3) is 0.294. The van der Waals surface area contributed by atoms with Gasteiger partial charge in [0.05, 0.1) is 0 Å². The number of rotatable bonds is 18. The second-order valence-electron chi connectivity index (χ2n) is 15.5. The Bertz CT molecular complexity index is 1940. The SMILES string of the molecule is CCC(CC(CC(CC(CC(CC(CC)c1ccc(I)cc1)c1ccc(I)cc1)c1ccc(I)cc1)c1ccc(I)cc1)c1ccc(I)cc1)c1ccc(I)cc1. The maximum atomic E-state index is 2.47. The van der Waals surface area contributed by atoms with Crippen LogP contribution in [0.5, 0.6) is 0 Å². The van der Waals surface area contributed by atoms with Crippen molar-refractivity contribution >= 4 is 136 Å². The first kappa shape index (κ1) is 46.2. The van der Waals surface area contributed by atoms with Gasteiger partial charge >= 0.3 is 0 Å². The molecular weight excluding hydrogens is 1370 g/mol. The van der Waals surface area contributed by atoms with Gasteiger partial charge in [0.2, 0.25) is 0 Å². The zero-order valence-corrected chi connectivity index (χ0v) is 45.5. The van der Waals surface area contributed by atoms with Gasteiger partial charge in [-0.05, 0) is 322 Å². The molecule has 0 amide bonds. The molecule has 0 N–H and O–H groups in total. The summed E-state index contributed by atoms with van der Waals surface area (Å²) in [5, 5.41) is 0. The van der Waals surface area contributed by atoms with Gasteiger partial charge in [-0.1, -0.05) is 86.6 Å². The van der Waals surface area contributed by atoms with Crippen molar-refractivity contribution in [3.63, 3.8) is 0 Å². The fourth-order valence-electron chi connectivity index (χ4n) is 8.68. The Hall–Kier alpha value is -0.300. The van der Waals surface area contributed by atoms with E-state index in [2.05, 4.69) is 295 Å². The van der Waals surface area contributed by atoms with E-state index in [1.165, 1.54) is 54.8 Å². The highest BCUT2D eigenvalue weighted by molar-refractivity contribution is 14.1. The van der Waals surface area contributed by atoms with Crippen LogP contribution in [0.2, 0.25) is 0 Å². The summed E-state index contributed by atoms with van der Waals surface area (Å²) in [6, 6.07) is 56.5. The fourth-order valence-corrected chi connectivity index (χ4v) is 10.8. The molecule has 296 valence electrons. The highest BCUT2D eigenvalue weighted by Crippen LogP contribution is 2.46. The van der Waals surface area contributed by atoms with Gasteiger partial charge in [-0.25, -0.2) is 0 Å². The Morgan fingerprint density at radius 1 is 0.246 bits per heavy atom. The van der Waals surface area contributed by atoms with Crippen LogP contribution in [0, 0.1) is 21.4 Å². The average molecular weight is 1420 g/mol. The molecule has 6 unspecified atom stereocenters. The third-order valence-corrected chi connectivity index (χ3v) is 16.2. The summed E-state index contributed by atoms with van der Waals surface area (Å²) in [4.78, 5) is 0. The number of benzene rings is 6. The third kappa shape index (κ3) is 13.8. The van der Waals surface area contributed by atoms with Crippen LogP contribution in [-0.4, -0.2) is 0 Å². The van der Waals surface area contributed by atoms with E-state index >= 15 is 0 Å². The zero-order chi connectivity index (χ0) is 40.3. The molecule has 6 atom stereocenters. The molecule has 57 heavy (non-hydrogen) atoms. The number of halogens is 6. The second-order valence-corrected chi connectivity index (χ2v) is 23.0. The van der Waals surface area contributed by atoms with Crippen LogP contribution in [0.4, 0.5) is 0 Å². The van der Waals surface area contributed by atoms with Crippen molar-refractivity contribution in [2.24, 2.45) is 0 Å². The second kappa shape index (κ2) is 23.2. The molecule has 0 aliphatic rings. The lowest BCUT2D eigenvalue weighted by Gasteiger charge is -2.33. The van der Waals surface area contributed by atoms with Crippen LogP contribution in [0.15, 0.2) is 146 Å². The van der Waals surface area contributed by atoms with Crippen LogP contribution in [0.1, 0.15) is 128 Å². The van der Waals surface area contributed by atoms with Crippen molar-refractivity contribution in [2.75, 3.05) is 0 Å². The Morgan fingerprint density at radius 3 is 0.544 bits per heavy atom. The van der Waals surface area contributed by atoms with Crippen LogP contribution in [0.3, 0.4) is 0 Å². The molecule has 0 saturated carbocycles. The molecule has 0 radical (unpaired) electrons. The van der Waals surface area contributed by atoms with E-state index in [-0.39, 0.29) is 0 Å². The van der Waals surface area contributed by atoms with Crippen LogP contribution < -0.4 is 0 Å². The Labute approximate surface area is 424 Å². The first-order chi connectivity index (χ1) is 27.6. The molecule has 0 bridgehead atoms. The quantitative estimate of drug-likeness (QED) is 0.0753. The molecule has 0 aliphatic heterocycles. The monoisotopic (exact) mass is 1420 g/mol. The van der Waals surface area contributed by atoms with Crippen molar-refractivity contribution in [3.8, 4) is 0 Å². The third-order valence-electron chi connectivity index (χ3n) is 11.9. The van der Waals surface area contributed by atoms with E-state index < -0.39 is 0 Å². The first-order valence-corrected chi connectivity index (χ1v) is 26.6. The molecule has 0 saturated heterocycles. The lowest BCUT2D eigenvalue weighted by molar-refractivity contribution is 0.389. The molecule has 6 rings (SSSR count). The summed E-state index contributed by atoms with van der Waals surface area (Å²) in [5.74, 6) is 2.69. The molecule has 0 heterocycles. The summed E-state index contributed by atoms with van der Waals surface area (Å²) in [6.45, 7) is 4.75. The predicted octanol–water partition coefficient (Wildman–Crippen LogP) is 18.1. The number of hydrogen-bond donors (Lipinski definition) is 0. The summed E-state index contributed by atoms with van der Waals surface area (Å²) < 4.78 is 7.78. The lowest BCUT2D eigenvalue weighted by Crippen LogP contribution is -2.16. The van der Waals surface area contributed by atoms with Gasteiger partial charge < -0.3 is 0 Å². The molecule has 0 nitrogen and oxygen atoms in total. The molecule has 6 heteroatoms. The van der Waals surface area contributed by atoms with Crippen molar-refractivity contribution < 1.29 is 0 Å². The summed E-state index contributed by atoms with van der Waals surface area (Å²) in [6.07, 6.45) is 7.92. The van der Waals surface area contributed by atoms with Crippen LogP contribution >= 0.6 is 136 Å². The predicted molar refractivity (Wildman–Crippen MR) is 295 cm³/mol. The van der Waals surface area contributed by atoms with E-state index in [9.17, 15) is 0 Å². The topological polar surface area (TPSA) is 0 Å². The van der Waals surface area contributed by atoms with Gasteiger partial charge in [0.15, 0.2) is 0 Å². The van der Waals surface area contributed by atoms with Gasteiger partial charge in [0.25, 0.3) is 0 Å². The maximum Gasteiger partial charge on any atom is 0.0130 e. The van der Waals surface area contributed by atoms with Gasteiger partial charge in [-0.2, -0.15) is 0 Å². The average Bonchev–Trinajstić information content (AvgIpc) is 3.22. The molecule has 0 spiro atoms. The van der Waals surface area contributed by atoms with Gasteiger partial charge in [-0.3, -0.25) is 0 Å². The van der Waals surface area contributed by atoms with Gasteiger partial charge in [0.1, 0.15) is 0 Å². The number of hydrogen-bond acceptors (Lipinski definition) is 0. The molecule has 0 aliphatic carbocycles. The zero-order valence-electron chi connectivity index (χ0n) is 32.5. The summed E-state index contributed by atoms with van der Waals surface area (Å²) in [5.41, 5.74) is 8.83. The Kier molecular flexibility index (Phi) is 18.8. The van der Waals surface area contributed by atoms with E-state index in [0.29, 0.717) is 35.5 Å². The highest BCUT2D eigenvalue weighted by atomic mass is 127. The van der Waals surface area contributed by atoms with Gasteiger partial charge in [-0.15, -0.1) is 0 Å². The smallest absolute Gasteiger partial charge is 0.0130 e. The lowest BCUT2D eigenvalue weighted by atomic mass is 9.72. The van der Waals surface area contributed by atoms with Crippen LogP contribution in [0.25, 0.3) is 0 Å². The molecule has 6 aromatic carbocycles. The first-order valence-electron chi connectivity index (χ1n) is 20.1. The van der Waals surface area contributed by atoms with Crippen LogP contribution in [-0.2, 0) is 0 Å².